The molecule has 0 radical (unpaired) electrons. The molecule has 0 spiro atoms. The third-order valence-corrected chi connectivity index (χ3v) is 3.15. The average Bonchev–Trinajstić information content (AvgIpc) is 2.50. The van der Waals surface area contributed by atoms with Gasteiger partial charge in [0.15, 0.2) is 0 Å². The number of nitrogens with zero attached hydrogens (tertiary/aromatic N) is 2. The van der Waals surface area contributed by atoms with Crippen LogP contribution in [-0.4, -0.2) is 24.4 Å². The van der Waals surface area contributed by atoms with Gasteiger partial charge >= 0.3 is 0 Å². The van der Waals surface area contributed by atoms with Gasteiger partial charge in [-0.3, -0.25) is 5.84 Å². The molecular weight excluding hydrogens is 280 g/mol. The van der Waals surface area contributed by atoms with E-state index in [0.717, 1.165) is 5.56 Å². The molecule has 0 amide bonds. The number of nitrogens with one attached hydrogen (secondary N) is 1. The van der Waals surface area contributed by atoms with Crippen LogP contribution in [0.3, 0.4) is 0 Å². The molecule has 20 heavy (non-hydrogen) atoms. The number of halogens is 1. The molecule has 0 saturated carbocycles. The summed E-state index contributed by atoms with van der Waals surface area (Å²) < 4.78 is 10.2. The summed E-state index contributed by atoms with van der Waals surface area (Å²) in [7, 11) is 3.09. The number of ether oxygens (including phenoxy) is 2. The van der Waals surface area contributed by atoms with E-state index < -0.39 is 0 Å². The van der Waals surface area contributed by atoms with Crippen molar-refractivity contribution >= 4 is 11.6 Å². The number of hydrogen-bond acceptors (Lipinski definition) is 6. The van der Waals surface area contributed by atoms with Gasteiger partial charge in [-0.15, -0.1) is 10.2 Å². The molecular formula is C13H15ClN4O2. The van der Waals surface area contributed by atoms with Crippen LogP contribution in [0.5, 0.6) is 11.6 Å². The van der Waals surface area contributed by atoms with Crippen LogP contribution in [-0.2, 0) is 0 Å². The predicted molar refractivity (Wildman–Crippen MR) is 75.8 cm³/mol. The molecule has 0 aliphatic heterocycles. The van der Waals surface area contributed by atoms with Gasteiger partial charge in [-0.05, 0) is 23.8 Å². The number of rotatable bonds is 5. The Balaban J connectivity index is 2.35. The fraction of sp³-hybridized carbons (Fsp3) is 0.231. The number of nitrogens with two attached hydrogens (primary N) is 1. The van der Waals surface area contributed by atoms with Crippen LogP contribution in [0.1, 0.15) is 17.3 Å². The molecule has 1 atom stereocenters. The summed E-state index contributed by atoms with van der Waals surface area (Å²) in [6.07, 6.45) is 0. The van der Waals surface area contributed by atoms with Crippen molar-refractivity contribution in [1.29, 1.82) is 0 Å². The summed E-state index contributed by atoms with van der Waals surface area (Å²) in [6, 6.07) is 8.59. The van der Waals surface area contributed by atoms with Gasteiger partial charge in [0.1, 0.15) is 5.75 Å². The Morgan fingerprint density at radius 2 is 1.95 bits per heavy atom. The summed E-state index contributed by atoms with van der Waals surface area (Å²) in [6.45, 7) is 0. The van der Waals surface area contributed by atoms with Crippen molar-refractivity contribution in [3.8, 4) is 11.6 Å². The van der Waals surface area contributed by atoms with Crippen LogP contribution in [0, 0.1) is 0 Å². The summed E-state index contributed by atoms with van der Waals surface area (Å²) in [4.78, 5) is 0. The van der Waals surface area contributed by atoms with Crippen molar-refractivity contribution in [1.82, 2.24) is 15.6 Å². The van der Waals surface area contributed by atoms with Crippen molar-refractivity contribution in [2.24, 2.45) is 5.84 Å². The Morgan fingerprint density at radius 3 is 2.50 bits per heavy atom. The maximum Gasteiger partial charge on any atom is 0.233 e. The molecule has 0 fully saturated rings. The minimum absolute atomic E-state index is 0.320. The minimum Gasteiger partial charge on any atom is -0.495 e. The fourth-order valence-corrected chi connectivity index (χ4v) is 2.00. The minimum atomic E-state index is -0.320. The molecule has 7 heteroatoms. The van der Waals surface area contributed by atoms with Gasteiger partial charge in [0.05, 0.1) is 31.0 Å². The Labute approximate surface area is 121 Å². The topological polar surface area (TPSA) is 82.3 Å². The maximum atomic E-state index is 6.01. The van der Waals surface area contributed by atoms with E-state index in [1.165, 1.54) is 7.11 Å². The first-order valence-corrected chi connectivity index (χ1v) is 6.24. The maximum absolute atomic E-state index is 6.01. The van der Waals surface area contributed by atoms with Crippen LogP contribution in [0.4, 0.5) is 0 Å². The van der Waals surface area contributed by atoms with E-state index >= 15 is 0 Å². The highest BCUT2D eigenvalue weighted by Gasteiger charge is 2.16. The monoisotopic (exact) mass is 294 g/mol. The lowest BCUT2D eigenvalue weighted by Gasteiger charge is -2.16. The number of hydrazine groups is 1. The Morgan fingerprint density at radius 1 is 1.15 bits per heavy atom. The molecule has 6 nitrogen and oxygen atoms in total. The highest BCUT2D eigenvalue weighted by atomic mass is 35.5. The number of aromatic nitrogens is 2. The first kappa shape index (κ1) is 14.5. The van der Waals surface area contributed by atoms with Crippen molar-refractivity contribution in [2.75, 3.05) is 14.2 Å². The largest absolute Gasteiger partial charge is 0.495 e. The zero-order valence-electron chi connectivity index (χ0n) is 11.1. The Hall–Kier alpha value is -1.89. The first-order valence-electron chi connectivity index (χ1n) is 5.86. The molecule has 2 rings (SSSR count). The van der Waals surface area contributed by atoms with Crippen LogP contribution >= 0.6 is 11.6 Å². The molecule has 1 heterocycles. The second-order valence-corrected chi connectivity index (χ2v) is 4.40. The van der Waals surface area contributed by atoms with Gasteiger partial charge in [0.2, 0.25) is 5.88 Å². The van der Waals surface area contributed by atoms with Crippen molar-refractivity contribution in [2.45, 2.75) is 6.04 Å². The lowest BCUT2D eigenvalue weighted by molar-refractivity contribution is 0.390. The SMILES string of the molecule is COc1ccc(C(NN)c2ccc(Cl)c(OC)c2)nn1. The number of benzene rings is 1. The predicted octanol–water partition coefficient (Wildman–Crippen LogP) is 1.70. The second-order valence-electron chi connectivity index (χ2n) is 3.99. The second kappa shape index (κ2) is 6.51. The van der Waals surface area contributed by atoms with Gasteiger partial charge in [-0.1, -0.05) is 17.7 Å². The van der Waals surface area contributed by atoms with E-state index in [2.05, 4.69) is 15.6 Å². The van der Waals surface area contributed by atoms with E-state index in [4.69, 9.17) is 26.9 Å². The van der Waals surface area contributed by atoms with Crippen LogP contribution in [0.15, 0.2) is 30.3 Å². The standard InChI is InChI=1S/C13H15ClN4O2/c1-19-11-7-8(3-4-9(11)14)13(16-15)10-5-6-12(20-2)18-17-10/h3-7,13,16H,15H2,1-2H3. The zero-order chi connectivity index (χ0) is 14.5. The number of methoxy groups -OCH3 is 2. The highest BCUT2D eigenvalue weighted by molar-refractivity contribution is 6.32. The lowest BCUT2D eigenvalue weighted by atomic mass is 10.0. The summed E-state index contributed by atoms with van der Waals surface area (Å²) >= 11 is 6.01. The van der Waals surface area contributed by atoms with Crippen molar-refractivity contribution in [3.05, 3.63) is 46.6 Å². The van der Waals surface area contributed by atoms with Gasteiger partial charge in [-0.25, -0.2) is 5.43 Å². The molecule has 3 N–H and O–H groups in total. The van der Waals surface area contributed by atoms with Crippen LogP contribution in [0.2, 0.25) is 5.02 Å². The molecule has 1 aromatic heterocycles. The van der Waals surface area contributed by atoms with Gasteiger partial charge in [-0.2, -0.15) is 0 Å². The number of hydrogen-bond donors (Lipinski definition) is 2. The molecule has 0 aliphatic rings. The summed E-state index contributed by atoms with van der Waals surface area (Å²) in [5.41, 5.74) is 4.23. The first-order chi connectivity index (χ1) is 9.69. The molecule has 0 aliphatic carbocycles. The van der Waals surface area contributed by atoms with Gasteiger partial charge in [0, 0.05) is 6.07 Å². The quantitative estimate of drug-likeness (QED) is 0.645. The van der Waals surface area contributed by atoms with Crippen molar-refractivity contribution < 1.29 is 9.47 Å². The van der Waals surface area contributed by atoms with E-state index in [0.29, 0.717) is 22.3 Å². The molecule has 106 valence electrons. The Bertz CT molecular complexity index is 577. The van der Waals surface area contributed by atoms with Crippen LogP contribution < -0.4 is 20.7 Å². The molecule has 1 unspecified atom stereocenters. The molecule has 0 saturated heterocycles. The van der Waals surface area contributed by atoms with E-state index in [9.17, 15) is 0 Å². The molecule has 1 aromatic carbocycles. The lowest BCUT2D eigenvalue weighted by Crippen LogP contribution is -2.29. The van der Waals surface area contributed by atoms with E-state index in [1.54, 1.807) is 31.4 Å². The normalized spacial score (nSPS) is 12.0. The zero-order valence-corrected chi connectivity index (χ0v) is 11.9. The average molecular weight is 295 g/mol. The van der Waals surface area contributed by atoms with Gasteiger partial charge < -0.3 is 9.47 Å². The third-order valence-electron chi connectivity index (χ3n) is 2.84. The van der Waals surface area contributed by atoms with Gasteiger partial charge in [0.25, 0.3) is 0 Å². The Kier molecular flexibility index (Phi) is 4.73. The highest BCUT2D eigenvalue weighted by Crippen LogP contribution is 2.29. The summed E-state index contributed by atoms with van der Waals surface area (Å²) in [5, 5.41) is 8.55. The van der Waals surface area contributed by atoms with Crippen LogP contribution in [0.25, 0.3) is 0 Å². The summed E-state index contributed by atoms with van der Waals surface area (Å²) in [5.74, 6) is 6.63. The third kappa shape index (κ3) is 2.98. The molecule has 2 aromatic rings. The van der Waals surface area contributed by atoms with E-state index in [-0.39, 0.29) is 6.04 Å². The fourth-order valence-electron chi connectivity index (χ4n) is 1.80. The smallest absolute Gasteiger partial charge is 0.233 e. The van der Waals surface area contributed by atoms with Crippen molar-refractivity contribution in [3.63, 3.8) is 0 Å². The van der Waals surface area contributed by atoms with E-state index in [1.807, 2.05) is 6.07 Å². The molecule has 0 bridgehead atoms.